The molecule has 3 rings (SSSR count). The monoisotopic (exact) mass is 422 g/mol. The van der Waals surface area contributed by atoms with Crippen molar-refractivity contribution in [2.24, 2.45) is 4.99 Å². The fourth-order valence-electron chi connectivity index (χ4n) is 3.80. The summed E-state index contributed by atoms with van der Waals surface area (Å²) in [4.78, 5) is 4.94. The van der Waals surface area contributed by atoms with Crippen molar-refractivity contribution in [3.05, 3.63) is 29.8 Å². The number of aliphatic imine (C=N–C) groups is 1. The highest BCUT2D eigenvalue weighted by Crippen LogP contribution is 2.17. The van der Waals surface area contributed by atoms with Crippen molar-refractivity contribution in [2.45, 2.75) is 75.5 Å². The number of benzene rings is 1. The maximum Gasteiger partial charge on any atom is 0.240 e. The number of nitrogens with one attached hydrogen (secondary N) is 3. The van der Waals surface area contributed by atoms with Gasteiger partial charge < -0.3 is 15.4 Å². The van der Waals surface area contributed by atoms with Crippen molar-refractivity contribution in [2.75, 3.05) is 19.7 Å². The lowest BCUT2D eigenvalue weighted by molar-refractivity contribution is 0.114. The Labute approximate surface area is 174 Å². The van der Waals surface area contributed by atoms with Crippen LogP contribution in [0.3, 0.4) is 0 Å². The quantitative estimate of drug-likeness (QED) is 0.442. The van der Waals surface area contributed by atoms with Crippen molar-refractivity contribution in [3.63, 3.8) is 0 Å². The standard InChI is InChI=1S/C21H34N4O3S/c1-2-22-21(25-18-7-4-3-5-8-18)23-15-17-10-12-20(13-11-17)29(26,27)24-16-19-9-6-14-28-19/h10-13,18-19,24H,2-9,14-16H2,1H3,(H2,22,23,25). The molecule has 2 aliphatic rings. The molecule has 1 aliphatic carbocycles. The number of nitrogens with zero attached hydrogens (tertiary/aromatic N) is 1. The molecule has 0 aromatic heterocycles. The zero-order chi connectivity index (χ0) is 20.5. The van der Waals surface area contributed by atoms with E-state index in [1.165, 1.54) is 32.1 Å². The molecule has 7 nitrogen and oxygen atoms in total. The van der Waals surface area contributed by atoms with Gasteiger partial charge in [-0.15, -0.1) is 0 Å². The van der Waals surface area contributed by atoms with E-state index in [2.05, 4.69) is 27.3 Å². The van der Waals surface area contributed by atoms with Crippen molar-refractivity contribution in [3.8, 4) is 0 Å². The minimum absolute atomic E-state index is 0.0143. The number of sulfonamides is 1. The molecule has 3 N–H and O–H groups in total. The van der Waals surface area contributed by atoms with Gasteiger partial charge in [-0.05, 0) is 50.3 Å². The van der Waals surface area contributed by atoms with Gasteiger partial charge in [-0.2, -0.15) is 0 Å². The Hall–Kier alpha value is -1.64. The zero-order valence-electron chi connectivity index (χ0n) is 17.3. The van der Waals surface area contributed by atoms with Crippen molar-refractivity contribution >= 4 is 16.0 Å². The highest BCUT2D eigenvalue weighted by molar-refractivity contribution is 7.89. The summed E-state index contributed by atoms with van der Waals surface area (Å²) in [5, 5.41) is 6.83. The first kappa shape index (κ1) is 22.1. The van der Waals surface area contributed by atoms with E-state index in [1.807, 2.05) is 12.1 Å². The number of ether oxygens (including phenoxy) is 1. The molecule has 0 spiro atoms. The van der Waals surface area contributed by atoms with Crippen LogP contribution in [0, 0.1) is 0 Å². The topological polar surface area (TPSA) is 91.8 Å². The van der Waals surface area contributed by atoms with Crippen LogP contribution < -0.4 is 15.4 Å². The van der Waals surface area contributed by atoms with Gasteiger partial charge >= 0.3 is 0 Å². The molecule has 8 heteroatoms. The van der Waals surface area contributed by atoms with E-state index in [1.54, 1.807) is 12.1 Å². The number of rotatable bonds is 8. The van der Waals surface area contributed by atoms with Crippen LogP contribution in [0.1, 0.15) is 57.4 Å². The Morgan fingerprint density at radius 3 is 2.52 bits per heavy atom. The molecule has 162 valence electrons. The SMILES string of the molecule is CCNC(=NCc1ccc(S(=O)(=O)NCC2CCCO2)cc1)NC1CCCCC1. The Bertz CT molecular complexity index is 753. The lowest BCUT2D eigenvalue weighted by atomic mass is 9.96. The van der Waals surface area contributed by atoms with E-state index >= 15 is 0 Å². The Morgan fingerprint density at radius 1 is 1.10 bits per heavy atom. The van der Waals surface area contributed by atoms with E-state index < -0.39 is 10.0 Å². The van der Waals surface area contributed by atoms with Crippen molar-refractivity contribution < 1.29 is 13.2 Å². The third kappa shape index (κ3) is 6.97. The van der Waals surface area contributed by atoms with Crippen molar-refractivity contribution in [1.29, 1.82) is 0 Å². The first-order valence-electron chi connectivity index (χ1n) is 10.8. The van der Waals surface area contributed by atoms with Gasteiger partial charge in [0.2, 0.25) is 10.0 Å². The first-order valence-corrected chi connectivity index (χ1v) is 12.3. The van der Waals surface area contributed by atoms with Crippen LogP contribution in [-0.4, -0.2) is 46.2 Å². The normalized spacial score (nSPS) is 21.3. The maximum absolute atomic E-state index is 12.5. The molecule has 0 radical (unpaired) electrons. The van der Waals surface area contributed by atoms with Gasteiger partial charge in [0.15, 0.2) is 5.96 Å². The highest BCUT2D eigenvalue weighted by atomic mass is 32.2. The number of hydrogen-bond donors (Lipinski definition) is 3. The highest BCUT2D eigenvalue weighted by Gasteiger charge is 2.20. The molecule has 1 saturated heterocycles. The van der Waals surface area contributed by atoms with Gasteiger partial charge in [0, 0.05) is 25.7 Å². The molecular formula is C21H34N4O3S. The summed E-state index contributed by atoms with van der Waals surface area (Å²) < 4.78 is 33.0. The summed E-state index contributed by atoms with van der Waals surface area (Å²) in [5.41, 5.74) is 0.976. The largest absolute Gasteiger partial charge is 0.377 e. The number of guanidine groups is 1. The summed E-state index contributed by atoms with van der Waals surface area (Å²) in [5.74, 6) is 0.828. The second-order valence-corrected chi connectivity index (χ2v) is 9.57. The summed E-state index contributed by atoms with van der Waals surface area (Å²) >= 11 is 0. The van der Waals surface area contributed by atoms with E-state index in [4.69, 9.17) is 4.74 Å². The van der Waals surface area contributed by atoms with Crippen LogP contribution >= 0.6 is 0 Å². The maximum atomic E-state index is 12.5. The average molecular weight is 423 g/mol. The van der Waals surface area contributed by atoms with Crippen LogP contribution in [0.2, 0.25) is 0 Å². The van der Waals surface area contributed by atoms with Crippen LogP contribution in [0.5, 0.6) is 0 Å². The van der Waals surface area contributed by atoms with Crippen LogP contribution in [0.15, 0.2) is 34.2 Å². The van der Waals surface area contributed by atoms with Gasteiger partial charge in [0.05, 0.1) is 17.5 Å². The second-order valence-electron chi connectivity index (χ2n) is 7.81. The molecule has 0 bridgehead atoms. The molecule has 1 saturated carbocycles. The minimum Gasteiger partial charge on any atom is -0.377 e. The molecular weight excluding hydrogens is 388 g/mol. The zero-order valence-corrected chi connectivity index (χ0v) is 18.1. The predicted octanol–water partition coefficient (Wildman–Crippen LogP) is 2.53. The van der Waals surface area contributed by atoms with Crippen LogP contribution in [0.4, 0.5) is 0 Å². The molecule has 1 aromatic carbocycles. The fourth-order valence-corrected chi connectivity index (χ4v) is 4.86. The molecule has 1 atom stereocenters. The molecule has 29 heavy (non-hydrogen) atoms. The van der Waals surface area contributed by atoms with Crippen LogP contribution in [-0.2, 0) is 21.3 Å². The molecule has 1 heterocycles. The minimum atomic E-state index is -3.51. The van der Waals surface area contributed by atoms with E-state index in [9.17, 15) is 8.42 Å². The fraction of sp³-hybridized carbons (Fsp3) is 0.667. The second kappa shape index (κ2) is 10.9. The smallest absolute Gasteiger partial charge is 0.240 e. The van der Waals surface area contributed by atoms with Crippen LogP contribution in [0.25, 0.3) is 0 Å². The van der Waals surface area contributed by atoms with Gasteiger partial charge in [-0.25, -0.2) is 18.1 Å². The molecule has 2 fully saturated rings. The predicted molar refractivity (Wildman–Crippen MR) is 115 cm³/mol. The van der Waals surface area contributed by atoms with E-state index in [0.29, 0.717) is 25.7 Å². The summed E-state index contributed by atoms with van der Waals surface area (Å²) in [6, 6.07) is 7.43. The van der Waals surface area contributed by atoms with E-state index in [-0.39, 0.29) is 11.0 Å². The number of hydrogen-bond acceptors (Lipinski definition) is 4. The first-order chi connectivity index (χ1) is 14.1. The molecule has 1 aromatic rings. The summed E-state index contributed by atoms with van der Waals surface area (Å²) in [6.07, 6.45) is 8.13. The Morgan fingerprint density at radius 2 is 1.86 bits per heavy atom. The summed E-state index contributed by atoms with van der Waals surface area (Å²) in [6.45, 7) is 4.42. The lowest BCUT2D eigenvalue weighted by Gasteiger charge is -2.24. The van der Waals surface area contributed by atoms with Gasteiger partial charge in [0.25, 0.3) is 0 Å². The van der Waals surface area contributed by atoms with Gasteiger partial charge in [-0.3, -0.25) is 0 Å². The molecule has 0 amide bonds. The van der Waals surface area contributed by atoms with Crippen molar-refractivity contribution in [1.82, 2.24) is 15.4 Å². The average Bonchev–Trinajstić information content (AvgIpc) is 3.26. The Kier molecular flexibility index (Phi) is 8.32. The molecule has 1 unspecified atom stereocenters. The summed E-state index contributed by atoms with van der Waals surface area (Å²) in [7, 11) is -3.51. The van der Waals surface area contributed by atoms with E-state index in [0.717, 1.165) is 30.9 Å². The lowest BCUT2D eigenvalue weighted by Crippen LogP contribution is -2.44. The Balaban J connectivity index is 1.55. The van der Waals surface area contributed by atoms with Gasteiger partial charge in [-0.1, -0.05) is 31.4 Å². The molecule has 1 aliphatic heterocycles. The van der Waals surface area contributed by atoms with Gasteiger partial charge in [0.1, 0.15) is 0 Å². The third-order valence-corrected chi connectivity index (χ3v) is 6.91. The third-order valence-electron chi connectivity index (χ3n) is 5.47.